The summed E-state index contributed by atoms with van der Waals surface area (Å²) < 4.78 is 31.2. The topological polar surface area (TPSA) is 46.6 Å². The minimum Gasteiger partial charge on any atom is -0.493 e. The van der Waals surface area contributed by atoms with E-state index in [1.165, 1.54) is 18.4 Å². The average Bonchev–Trinajstić information content (AvgIpc) is 2.28. The van der Waals surface area contributed by atoms with Crippen molar-refractivity contribution < 1.29 is 13.2 Å². The molecule has 0 saturated heterocycles. The first-order valence-electron chi connectivity index (χ1n) is 5.89. The number of nitrogens with zero attached hydrogens (tertiary/aromatic N) is 1. The van der Waals surface area contributed by atoms with Gasteiger partial charge in [-0.25, -0.2) is 12.7 Å². The summed E-state index contributed by atoms with van der Waals surface area (Å²) in [7, 11) is -0.331. The third kappa shape index (κ3) is 2.52. The Morgan fingerprint density at radius 1 is 1.17 bits per heavy atom. The van der Waals surface area contributed by atoms with Crippen molar-refractivity contribution in [2.24, 2.45) is 0 Å². The smallest absolute Gasteiger partial charge is 0.242 e. The summed E-state index contributed by atoms with van der Waals surface area (Å²) in [6.45, 7) is 8.06. The summed E-state index contributed by atoms with van der Waals surface area (Å²) in [5, 5.41) is 0. The van der Waals surface area contributed by atoms with Crippen molar-refractivity contribution in [1.82, 2.24) is 4.31 Å². The van der Waals surface area contributed by atoms with Crippen molar-refractivity contribution in [1.29, 1.82) is 0 Å². The fourth-order valence-corrected chi connectivity index (χ4v) is 3.11. The highest BCUT2D eigenvalue weighted by molar-refractivity contribution is 7.89. The molecule has 0 atom stereocenters. The average molecular weight is 271 g/mol. The van der Waals surface area contributed by atoms with Crippen LogP contribution in [-0.2, 0) is 10.0 Å². The molecular formula is C13H21NO3S. The molecule has 0 saturated carbocycles. The molecule has 1 aromatic rings. The number of aryl methyl sites for hydroxylation is 1. The van der Waals surface area contributed by atoms with Gasteiger partial charge >= 0.3 is 0 Å². The predicted octanol–water partition coefficient (Wildman–Crippen LogP) is 2.26. The third-order valence-electron chi connectivity index (χ3n) is 3.03. The number of ether oxygens (including phenoxy) is 1. The van der Waals surface area contributed by atoms with Crippen LogP contribution in [0.2, 0.25) is 0 Å². The van der Waals surface area contributed by atoms with Crippen LogP contribution < -0.4 is 4.74 Å². The fourth-order valence-electron chi connectivity index (χ4n) is 1.85. The first kappa shape index (κ1) is 15.0. The van der Waals surface area contributed by atoms with Crippen molar-refractivity contribution in [3.8, 4) is 5.75 Å². The van der Waals surface area contributed by atoms with E-state index < -0.39 is 10.0 Å². The monoisotopic (exact) mass is 271 g/mol. The standard InChI is InChI=1S/C13H21NO3S/c1-7-17-13-9(2)8-12(10(3)11(13)4)18(15,16)14(5)6/h8H,7H2,1-6H3. The van der Waals surface area contributed by atoms with Gasteiger partial charge in [-0.3, -0.25) is 0 Å². The molecule has 0 unspecified atom stereocenters. The van der Waals surface area contributed by atoms with Crippen LogP contribution in [0.5, 0.6) is 5.75 Å². The molecular weight excluding hydrogens is 250 g/mol. The van der Waals surface area contributed by atoms with E-state index in [1.807, 2.05) is 27.7 Å². The zero-order valence-corrected chi connectivity index (χ0v) is 12.7. The Balaban J connectivity index is 3.53. The SMILES string of the molecule is CCOc1c(C)cc(S(=O)(=O)N(C)C)c(C)c1C. The molecule has 0 fully saturated rings. The van der Waals surface area contributed by atoms with Crippen LogP contribution >= 0.6 is 0 Å². The molecule has 1 rings (SSSR count). The quantitative estimate of drug-likeness (QED) is 0.844. The van der Waals surface area contributed by atoms with Gasteiger partial charge in [-0.2, -0.15) is 0 Å². The lowest BCUT2D eigenvalue weighted by atomic mass is 10.1. The molecule has 0 heterocycles. The summed E-state index contributed by atoms with van der Waals surface area (Å²) >= 11 is 0. The minimum atomic E-state index is -3.41. The van der Waals surface area contributed by atoms with Gasteiger partial charge in [-0.1, -0.05) is 0 Å². The van der Waals surface area contributed by atoms with E-state index in [-0.39, 0.29) is 0 Å². The van der Waals surface area contributed by atoms with Gasteiger partial charge < -0.3 is 4.74 Å². The van der Waals surface area contributed by atoms with Crippen molar-refractivity contribution in [2.75, 3.05) is 20.7 Å². The maximum Gasteiger partial charge on any atom is 0.242 e. The molecule has 0 spiro atoms. The van der Waals surface area contributed by atoms with Gasteiger partial charge in [0.15, 0.2) is 0 Å². The Hall–Kier alpha value is -1.07. The number of benzene rings is 1. The Morgan fingerprint density at radius 3 is 2.17 bits per heavy atom. The lowest BCUT2D eigenvalue weighted by Gasteiger charge is -2.19. The molecule has 0 aliphatic heterocycles. The van der Waals surface area contributed by atoms with E-state index in [1.54, 1.807) is 6.07 Å². The van der Waals surface area contributed by atoms with Crippen LogP contribution in [0.3, 0.4) is 0 Å². The molecule has 1 aromatic carbocycles. The molecule has 0 amide bonds. The Morgan fingerprint density at radius 2 is 1.72 bits per heavy atom. The summed E-state index contributed by atoms with van der Waals surface area (Å²) in [4.78, 5) is 0.353. The molecule has 102 valence electrons. The predicted molar refractivity (Wildman–Crippen MR) is 72.7 cm³/mol. The van der Waals surface area contributed by atoms with Gasteiger partial charge in [-0.15, -0.1) is 0 Å². The maximum absolute atomic E-state index is 12.2. The van der Waals surface area contributed by atoms with Crippen LogP contribution in [0.15, 0.2) is 11.0 Å². The molecule has 0 aliphatic rings. The van der Waals surface area contributed by atoms with E-state index in [9.17, 15) is 8.42 Å². The summed E-state index contributed by atoms with van der Waals surface area (Å²) in [6.07, 6.45) is 0. The number of hydrogen-bond donors (Lipinski definition) is 0. The van der Waals surface area contributed by atoms with E-state index >= 15 is 0 Å². The first-order chi connectivity index (χ1) is 8.23. The fraction of sp³-hybridized carbons (Fsp3) is 0.538. The zero-order chi connectivity index (χ0) is 14.1. The van der Waals surface area contributed by atoms with Crippen molar-refractivity contribution in [3.63, 3.8) is 0 Å². The largest absolute Gasteiger partial charge is 0.493 e. The lowest BCUT2D eigenvalue weighted by molar-refractivity contribution is 0.335. The van der Waals surface area contributed by atoms with Gasteiger partial charge in [0, 0.05) is 14.1 Å². The zero-order valence-electron chi connectivity index (χ0n) is 11.9. The normalized spacial score (nSPS) is 11.9. The lowest BCUT2D eigenvalue weighted by Crippen LogP contribution is -2.23. The molecule has 0 bridgehead atoms. The second-order valence-corrected chi connectivity index (χ2v) is 6.61. The van der Waals surface area contributed by atoms with Crippen LogP contribution in [0.1, 0.15) is 23.6 Å². The van der Waals surface area contributed by atoms with Crippen molar-refractivity contribution in [2.45, 2.75) is 32.6 Å². The summed E-state index contributed by atoms with van der Waals surface area (Å²) in [6, 6.07) is 1.68. The molecule has 0 aliphatic carbocycles. The highest BCUT2D eigenvalue weighted by atomic mass is 32.2. The van der Waals surface area contributed by atoms with E-state index in [0.717, 1.165) is 22.4 Å². The van der Waals surface area contributed by atoms with E-state index in [0.29, 0.717) is 11.5 Å². The number of hydrogen-bond acceptors (Lipinski definition) is 3. The van der Waals surface area contributed by atoms with Gasteiger partial charge in [0.05, 0.1) is 11.5 Å². The Labute approximate surface area is 110 Å². The van der Waals surface area contributed by atoms with Gasteiger partial charge in [0.25, 0.3) is 0 Å². The summed E-state index contributed by atoms with van der Waals surface area (Å²) in [5.74, 6) is 0.785. The molecule has 0 aromatic heterocycles. The number of rotatable bonds is 4. The van der Waals surface area contributed by atoms with E-state index in [2.05, 4.69) is 0 Å². The van der Waals surface area contributed by atoms with Gasteiger partial charge in [-0.05, 0) is 50.5 Å². The molecule has 0 radical (unpaired) electrons. The highest BCUT2D eigenvalue weighted by Crippen LogP contribution is 2.31. The second-order valence-electron chi connectivity index (χ2n) is 4.49. The van der Waals surface area contributed by atoms with Gasteiger partial charge in [0.2, 0.25) is 10.0 Å². The van der Waals surface area contributed by atoms with Crippen molar-refractivity contribution >= 4 is 10.0 Å². The molecule has 18 heavy (non-hydrogen) atoms. The molecule has 5 heteroatoms. The highest BCUT2D eigenvalue weighted by Gasteiger charge is 2.23. The summed E-state index contributed by atoms with van der Waals surface area (Å²) in [5.41, 5.74) is 2.48. The molecule has 0 N–H and O–H groups in total. The van der Waals surface area contributed by atoms with Crippen LogP contribution in [-0.4, -0.2) is 33.4 Å². The third-order valence-corrected chi connectivity index (χ3v) is 4.97. The Kier molecular flexibility index (Phi) is 4.40. The van der Waals surface area contributed by atoms with Crippen LogP contribution in [0.4, 0.5) is 0 Å². The molecule has 4 nitrogen and oxygen atoms in total. The first-order valence-corrected chi connectivity index (χ1v) is 7.33. The number of sulfonamides is 1. The van der Waals surface area contributed by atoms with E-state index in [4.69, 9.17) is 4.74 Å². The second kappa shape index (κ2) is 5.28. The minimum absolute atomic E-state index is 0.353. The van der Waals surface area contributed by atoms with Crippen LogP contribution in [0, 0.1) is 20.8 Å². The van der Waals surface area contributed by atoms with Gasteiger partial charge in [0.1, 0.15) is 5.75 Å². The maximum atomic E-state index is 12.2. The van der Waals surface area contributed by atoms with Crippen LogP contribution in [0.25, 0.3) is 0 Å². The van der Waals surface area contributed by atoms with Crippen molar-refractivity contribution in [3.05, 3.63) is 22.8 Å². The Bertz CT molecular complexity index is 548.